The van der Waals surface area contributed by atoms with Crippen molar-refractivity contribution >= 4 is 17.6 Å². The average Bonchev–Trinajstić information content (AvgIpc) is 2.43. The van der Waals surface area contributed by atoms with Crippen LogP contribution in [0.5, 0.6) is 0 Å². The van der Waals surface area contributed by atoms with Crippen molar-refractivity contribution in [3.63, 3.8) is 0 Å². The molecule has 1 aliphatic rings. The maximum Gasteiger partial charge on any atom is 1.00 e. The summed E-state index contributed by atoms with van der Waals surface area (Å²) in [4.78, 5) is 7.40. The van der Waals surface area contributed by atoms with Crippen LogP contribution in [-0.4, -0.2) is 11.2 Å². The van der Waals surface area contributed by atoms with Crippen LogP contribution in [0.25, 0.3) is 5.57 Å². The van der Waals surface area contributed by atoms with Gasteiger partial charge in [-0.3, -0.25) is 4.99 Å². The molecule has 0 radical (unpaired) electrons. The van der Waals surface area contributed by atoms with Crippen LogP contribution in [0.2, 0.25) is 0 Å². The van der Waals surface area contributed by atoms with E-state index in [9.17, 15) is 0 Å². The van der Waals surface area contributed by atoms with E-state index in [0.29, 0.717) is 0 Å². The molecular formula is C10H11N2Rb. The fourth-order valence-corrected chi connectivity index (χ4v) is 1.41. The number of aromatic nitrogens is 1. The molecule has 0 spiro atoms. The van der Waals surface area contributed by atoms with Gasteiger partial charge in [0.2, 0.25) is 0 Å². The molecule has 0 fully saturated rings. The second kappa shape index (κ2) is 4.74. The van der Waals surface area contributed by atoms with Crippen LogP contribution in [0.1, 0.15) is 19.4 Å². The van der Waals surface area contributed by atoms with Crippen LogP contribution in [0.3, 0.4) is 0 Å². The van der Waals surface area contributed by atoms with Crippen molar-refractivity contribution in [1.29, 1.82) is 0 Å². The molecule has 1 aromatic heterocycles. The smallest absolute Gasteiger partial charge is 0.348 e. The standard InChI is InChI=1S/C10H11N2.Rb/c1-7-5-8(2)9-3-4-11-10(9)12-6-7;/h3-6,11H,1-2H3;/q-1;+1. The summed E-state index contributed by atoms with van der Waals surface area (Å²) >= 11 is 0. The van der Waals surface area contributed by atoms with Gasteiger partial charge in [-0.15, -0.1) is 13.8 Å². The zero-order valence-corrected chi connectivity index (χ0v) is 13.2. The minimum atomic E-state index is 0. The van der Waals surface area contributed by atoms with E-state index in [1.165, 1.54) is 17.1 Å². The maximum absolute atomic E-state index is 4.31. The summed E-state index contributed by atoms with van der Waals surface area (Å²) in [5.74, 6) is 2.15. The quantitative estimate of drug-likeness (QED) is 0.609. The molecule has 2 nitrogen and oxygen atoms in total. The number of aromatic amines is 1. The van der Waals surface area contributed by atoms with E-state index in [4.69, 9.17) is 0 Å². The molecule has 2 rings (SSSR count). The number of aliphatic imine (C=N–C) groups is 1. The number of nitrogens with one attached hydrogen (secondary N) is 1. The first kappa shape index (κ1) is 11.4. The molecular weight excluding hydrogens is 234 g/mol. The monoisotopic (exact) mass is 244 g/mol. The molecule has 1 aromatic rings. The van der Waals surface area contributed by atoms with Crippen LogP contribution in [0.15, 0.2) is 23.3 Å². The SMILES string of the molecule is CC1=C[C-](C)C=Nc2[nH]ccc21.[Rb+]. The Balaban J connectivity index is 0.000000845. The number of allylic oxidation sites excluding steroid dienone is 2. The predicted octanol–water partition coefficient (Wildman–Crippen LogP) is -0.268. The van der Waals surface area contributed by atoms with Gasteiger partial charge in [-0.1, -0.05) is 11.6 Å². The second-order valence-electron chi connectivity index (χ2n) is 3.07. The molecule has 0 saturated heterocycles. The van der Waals surface area contributed by atoms with E-state index in [1.54, 1.807) is 0 Å². The van der Waals surface area contributed by atoms with Crippen LogP contribution in [0, 0.1) is 5.92 Å². The van der Waals surface area contributed by atoms with E-state index in [0.717, 1.165) is 5.82 Å². The third-order valence-corrected chi connectivity index (χ3v) is 1.99. The Kier molecular flexibility index (Phi) is 4.17. The summed E-state index contributed by atoms with van der Waals surface area (Å²) in [5.41, 5.74) is 2.46. The third-order valence-electron chi connectivity index (χ3n) is 1.99. The molecule has 0 amide bonds. The average molecular weight is 245 g/mol. The van der Waals surface area contributed by atoms with Crippen molar-refractivity contribution in [1.82, 2.24) is 4.98 Å². The second-order valence-corrected chi connectivity index (χ2v) is 3.07. The number of hydrogen-bond donors (Lipinski definition) is 1. The van der Waals surface area contributed by atoms with Crippen LogP contribution < -0.4 is 58.2 Å². The Hall–Kier alpha value is 0.365. The Morgan fingerprint density at radius 3 is 3.00 bits per heavy atom. The number of rotatable bonds is 0. The van der Waals surface area contributed by atoms with Gasteiger partial charge in [-0.2, -0.15) is 11.5 Å². The number of hydrogen-bond acceptors (Lipinski definition) is 1. The minimum absolute atomic E-state index is 0. The molecule has 0 atom stereocenters. The summed E-state index contributed by atoms with van der Waals surface area (Å²) in [6, 6.07) is 2.05. The van der Waals surface area contributed by atoms with Gasteiger partial charge in [0.1, 0.15) is 5.82 Å². The summed E-state index contributed by atoms with van der Waals surface area (Å²) in [7, 11) is 0. The summed E-state index contributed by atoms with van der Waals surface area (Å²) in [6.45, 7) is 4.16. The van der Waals surface area contributed by atoms with Crippen molar-refractivity contribution in [2.75, 3.05) is 0 Å². The van der Waals surface area contributed by atoms with Crippen molar-refractivity contribution in [2.45, 2.75) is 13.8 Å². The van der Waals surface area contributed by atoms with Gasteiger partial charge in [0, 0.05) is 6.20 Å². The Bertz CT molecular complexity index is 350. The van der Waals surface area contributed by atoms with Gasteiger partial charge in [0.25, 0.3) is 0 Å². The van der Waals surface area contributed by atoms with Crippen molar-refractivity contribution < 1.29 is 58.2 Å². The van der Waals surface area contributed by atoms with Crippen LogP contribution in [-0.2, 0) is 0 Å². The molecule has 0 unspecified atom stereocenters. The fraction of sp³-hybridized carbons (Fsp3) is 0.200. The summed E-state index contributed by atoms with van der Waals surface area (Å²) < 4.78 is 0. The van der Waals surface area contributed by atoms with Gasteiger partial charge >= 0.3 is 58.2 Å². The van der Waals surface area contributed by atoms with E-state index in [2.05, 4.69) is 36.0 Å². The van der Waals surface area contributed by atoms with Crippen LogP contribution >= 0.6 is 0 Å². The molecule has 0 aliphatic carbocycles. The Morgan fingerprint density at radius 2 is 2.23 bits per heavy atom. The van der Waals surface area contributed by atoms with Crippen molar-refractivity contribution in [3.8, 4) is 0 Å². The van der Waals surface area contributed by atoms with E-state index < -0.39 is 0 Å². The van der Waals surface area contributed by atoms with Gasteiger partial charge in [-0.25, -0.2) is 6.08 Å². The van der Waals surface area contributed by atoms with Gasteiger partial charge in [0.15, 0.2) is 0 Å². The molecule has 3 heteroatoms. The molecule has 13 heavy (non-hydrogen) atoms. The van der Waals surface area contributed by atoms with E-state index in [-0.39, 0.29) is 58.2 Å². The molecule has 2 heterocycles. The first-order valence-electron chi connectivity index (χ1n) is 4.01. The van der Waals surface area contributed by atoms with Gasteiger partial charge in [-0.05, 0) is 6.21 Å². The number of H-pyrrole nitrogens is 1. The third kappa shape index (κ3) is 2.43. The Labute approximate surface area is 127 Å². The van der Waals surface area contributed by atoms with Gasteiger partial charge in [0.05, 0.1) is 0 Å². The molecule has 0 saturated carbocycles. The maximum atomic E-state index is 4.31. The normalized spacial score (nSPS) is 14.3. The molecule has 1 N–H and O–H groups in total. The zero-order valence-electron chi connectivity index (χ0n) is 8.26. The van der Waals surface area contributed by atoms with E-state index in [1.807, 2.05) is 12.4 Å². The van der Waals surface area contributed by atoms with Gasteiger partial charge < -0.3 is 4.98 Å². The predicted molar refractivity (Wildman–Crippen MR) is 51.5 cm³/mol. The zero-order chi connectivity index (χ0) is 8.55. The summed E-state index contributed by atoms with van der Waals surface area (Å²) in [5, 5.41) is 0. The topological polar surface area (TPSA) is 28.1 Å². The number of nitrogens with zero attached hydrogens (tertiary/aromatic N) is 1. The number of fused-ring (bicyclic) bond motifs is 1. The van der Waals surface area contributed by atoms with E-state index >= 15 is 0 Å². The molecule has 0 aromatic carbocycles. The van der Waals surface area contributed by atoms with Crippen molar-refractivity contribution in [3.05, 3.63) is 29.8 Å². The molecule has 1 aliphatic heterocycles. The Morgan fingerprint density at radius 1 is 1.46 bits per heavy atom. The van der Waals surface area contributed by atoms with Crippen LogP contribution in [0.4, 0.5) is 5.82 Å². The van der Waals surface area contributed by atoms with Crippen molar-refractivity contribution in [2.24, 2.45) is 4.99 Å². The first-order valence-corrected chi connectivity index (χ1v) is 4.01. The minimum Gasteiger partial charge on any atom is -0.348 e. The largest absolute Gasteiger partial charge is 1.00 e. The molecule has 0 bridgehead atoms. The summed E-state index contributed by atoms with van der Waals surface area (Å²) in [6.07, 6.45) is 5.94. The first-order chi connectivity index (χ1) is 5.77. The molecule has 62 valence electrons. The fourth-order valence-electron chi connectivity index (χ4n) is 1.41.